The Hall–Kier alpha value is 0.250. The molecule has 0 aromatic carbocycles. The van der Waals surface area contributed by atoms with Crippen LogP contribution in [0, 0.1) is 35.5 Å². The fraction of sp³-hybridized carbons (Fsp3) is 1.00. The molecule has 2 heteroatoms. The van der Waals surface area contributed by atoms with E-state index in [0.717, 1.165) is 23.7 Å². The first-order valence-electron chi connectivity index (χ1n) is 4.63. The molecule has 5 saturated carbocycles. The molecule has 0 aromatic heterocycles. The van der Waals surface area contributed by atoms with Crippen LogP contribution in [0.2, 0.25) is 0 Å². The van der Waals surface area contributed by atoms with Gasteiger partial charge in [-0.2, -0.15) is 0 Å². The highest BCUT2D eigenvalue weighted by molar-refractivity contribution is 5.85. The minimum Gasteiger partial charge on any atom is -0.327 e. The SMILES string of the molecule is Cl.NC1CC2C3CC4C2C4C13. The van der Waals surface area contributed by atoms with Crippen molar-refractivity contribution in [2.75, 3.05) is 0 Å². The quantitative estimate of drug-likeness (QED) is 0.584. The van der Waals surface area contributed by atoms with Gasteiger partial charge in [-0.15, -0.1) is 12.4 Å². The van der Waals surface area contributed by atoms with Gasteiger partial charge in [0.2, 0.25) is 0 Å². The van der Waals surface area contributed by atoms with Gasteiger partial charge >= 0.3 is 0 Å². The topological polar surface area (TPSA) is 26.0 Å². The van der Waals surface area contributed by atoms with Crippen molar-refractivity contribution in [3.05, 3.63) is 0 Å². The van der Waals surface area contributed by atoms with Crippen molar-refractivity contribution in [1.82, 2.24) is 0 Å². The maximum Gasteiger partial charge on any atom is 0.00756 e. The van der Waals surface area contributed by atoms with E-state index in [2.05, 4.69) is 0 Å². The van der Waals surface area contributed by atoms with Gasteiger partial charge in [-0.3, -0.25) is 0 Å². The fourth-order valence-electron chi connectivity index (χ4n) is 4.80. The normalized spacial score (nSPS) is 73.4. The third kappa shape index (κ3) is 0.477. The molecule has 7 atom stereocenters. The second-order valence-electron chi connectivity index (χ2n) is 4.86. The maximum absolute atomic E-state index is 6.05. The lowest BCUT2D eigenvalue weighted by atomic mass is 9.96. The van der Waals surface area contributed by atoms with Gasteiger partial charge in [-0.1, -0.05) is 0 Å². The van der Waals surface area contributed by atoms with E-state index in [0.29, 0.717) is 6.04 Å². The van der Waals surface area contributed by atoms with Crippen molar-refractivity contribution < 1.29 is 0 Å². The molecule has 11 heavy (non-hydrogen) atoms. The summed E-state index contributed by atoms with van der Waals surface area (Å²) in [5, 5.41) is 0. The van der Waals surface area contributed by atoms with E-state index in [1.807, 2.05) is 0 Å². The molecule has 0 spiro atoms. The molecule has 0 radical (unpaired) electrons. The lowest BCUT2D eigenvalue weighted by Gasteiger charge is -2.15. The van der Waals surface area contributed by atoms with Gasteiger partial charge in [0.25, 0.3) is 0 Å². The number of nitrogens with two attached hydrogens (primary N) is 1. The molecule has 62 valence electrons. The summed E-state index contributed by atoms with van der Waals surface area (Å²) in [5.74, 6) is 6.71. The smallest absolute Gasteiger partial charge is 0.00756 e. The van der Waals surface area contributed by atoms with Crippen LogP contribution in [0.15, 0.2) is 0 Å². The van der Waals surface area contributed by atoms with E-state index in [1.165, 1.54) is 18.3 Å². The monoisotopic (exact) mass is 171 g/mol. The fourth-order valence-corrected chi connectivity index (χ4v) is 4.80. The first-order chi connectivity index (χ1) is 4.88. The number of halogens is 1. The van der Waals surface area contributed by atoms with Crippen LogP contribution in [0.1, 0.15) is 12.8 Å². The highest BCUT2D eigenvalue weighted by Crippen LogP contribution is 2.80. The van der Waals surface area contributed by atoms with Crippen molar-refractivity contribution in [2.45, 2.75) is 18.9 Å². The van der Waals surface area contributed by atoms with Crippen molar-refractivity contribution in [3.63, 3.8) is 0 Å². The van der Waals surface area contributed by atoms with Gasteiger partial charge in [-0.25, -0.2) is 0 Å². The largest absolute Gasteiger partial charge is 0.327 e. The summed E-state index contributed by atoms with van der Waals surface area (Å²) < 4.78 is 0. The average Bonchev–Trinajstić information content (AvgIpc) is 2.34. The van der Waals surface area contributed by atoms with E-state index >= 15 is 0 Å². The van der Waals surface area contributed by atoms with Gasteiger partial charge in [0.15, 0.2) is 0 Å². The molecule has 5 rings (SSSR count). The van der Waals surface area contributed by atoms with Gasteiger partial charge in [0.1, 0.15) is 0 Å². The number of rotatable bonds is 0. The van der Waals surface area contributed by atoms with E-state index in [4.69, 9.17) is 5.73 Å². The number of hydrogen-bond acceptors (Lipinski definition) is 1. The first-order valence-corrected chi connectivity index (χ1v) is 4.63. The zero-order valence-corrected chi connectivity index (χ0v) is 7.26. The Kier molecular flexibility index (Phi) is 0.993. The van der Waals surface area contributed by atoms with Crippen molar-refractivity contribution in [2.24, 2.45) is 41.2 Å². The molecular formula is C9H14ClN. The molecule has 0 aromatic rings. The van der Waals surface area contributed by atoms with Crippen LogP contribution in [-0.4, -0.2) is 6.04 Å². The second kappa shape index (κ2) is 1.62. The second-order valence-corrected chi connectivity index (χ2v) is 4.86. The molecule has 1 nitrogen and oxygen atoms in total. The summed E-state index contributed by atoms with van der Waals surface area (Å²) in [4.78, 5) is 0. The Morgan fingerprint density at radius 3 is 2.00 bits per heavy atom. The summed E-state index contributed by atoms with van der Waals surface area (Å²) in [6.07, 6.45) is 2.95. The van der Waals surface area contributed by atoms with Crippen LogP contribution >= 0.6 is 12.4 Å². The Labute approximate surface area is 73.1 Å². The van der Waals surface area contributed by atoms with E-state index < -0.39 is 0 Å². The van der Waals surface area contributed by atoms with Crippen molar-refractivity contribution >= 4 is 12.4 Å². The third-order valence-electron chi connectivity index (χ3n) is 4.86. The Morgan fingerprint density at radius 1 is 0.818 bits per heavy atom. The Balaban J connectivity index is 0.000000422. The molecule has 2 N–H and O–H groups in total. The first kappa shape index (κ1) is 6.73. The minimum atomic E-state index is 0. The minimum absolute atomic E-state index is 0. The molecule has 5 aliphatic carbocycles. The van der Waals surface area contributed by atoms with Gasteiger partial charge in [-0.05, 0) is 48.3 Å². The molecule has 0 aliphatic heterocycles. The van der Waals surface area contributed by atoms with Crippen LogP contribution in [0.3, 0.4) is 0 Å². The lowest BCUT2D eigenvalue weighted by Crippen LogP contribution is -2.28. The predicted octanol–water partition coefficient (Wildman–Crippen LogP) is 1.27. The maximum atomic E-state index is 6.05. The predicted molar refractivity (Wildman–Crippen MR) is 45.4 cm³/mol. The molecule has 5 aliphatic rings. The zero-order chi connectivity index (χ0) is 6.46. The summed E-state index contributed by atoms with van der Waals surface area (Å²) in [5.41, 5.74) is 6.05. The molecule has 5 fully saturated rings. The van der Waals surface area contributed by atoms with Crippen LogP contribution < -0.4 is 5.73 Å². The van der Waals surface area contributed by atoms with Crippen LogP contribution in [0.5, 0.6) is 0 Å². The Bertz CT molecular complexity index is 218. The zero-order valence-electron chi connectivity index (χ0n) is 6.44. The van der Waals surface area contributed by atoms with E-state index in [9.17, 15) is 0 Å². The molecule has 6 bridgehead atoms. The molecule has 0 heterocycles. The standard InChI is InChI=1S/C9H13N.ClH/c10-6-2-4-3-1-5-7(4)9(5)8(3)6;/h3-9H,1-2,10H2;1H. The highest BCUT2D eigenvalue weighted by atomic mass is 35.5. The van der Waals surface area contributed by atoms with Crippen LogP contribution in [0.4, 0.5) is 0 Å². The van der Waals surface area contributed by atoms with Crippen molar-refractivity contribution in [1.29, 1.82) is 0 Å². The van der Waals surface area contributed by atoms with Gasteiger partial charge in [0, 0.05) is 6.04 Å². The van der Waals surface area contributed by atoms with Crippen LogP contribution in [-0.2, 0) is 0 Å². The molecule has 7 unspecified atom stereocenters. The highest BCUT2D eigenvalue weighted by Gasteiger charge is 2.77. The summed E-state index contributed by atoms with van der Waals surface area (Å²) >= 11 is 0. The van der Waals surface area contributed by atoms with Crippen LogP contribution in [0.25, 0.3) is 0 Å². The average molecular weight is 172 g/mol. The number of hydrogen-bond donors (Lipinski definition) is 1. The summed E-state index contributed by atoms with van der Waals surface area (Å²) in [7, 11) is 0. The van der Waals surface area contributed by atoms with E-state index in [1.54, 1.807) is 6.42 Å². The van der Waals surface area contributed by atoms with E-state index in [-0.39, 0.29) is 12.4 Å². The van der Waals surface area contributed by atoms with Crippen molar-refractivity contribution in [3.8, 4) is 0 Å². The molecule has 0 amide bonds. The molecule has 0 saturated heterocycles. The van der Waals surface area contributed by atoms with Gasteiger partial charge in [0.05, 0.1) is 0 Å². The summed E-state index contributed by atoms with van der Waals surface area (Å²) in [6, 6.07) is 0.615. The summed E-state index contributed by atoms with van der Waals surface area (Å²) in [6.45, 7) is 0. The molecular weight excluding hydrogens is 158 g/mol. The van der Waals surface area contributed by atoms with Gasteiger partial charge < -0.3 is 5.73 Å². The Morgan fingerprint density at radius 2 is 1.55 bits per heavy atom. The third-order valence-corrected chi connectivity index (χ3v) is 4.86. The lowest BCUT2D eigenvalue weighted by molar-refractivity contribution is 0.392.